The van der Waals surface area contributed by atoms with Gasteiger partial charge in [0.05, 0.1) is 6.54 Å². The summed E-state index contributed by atoms with van der Waals surface area (Å²) in [7, 11) is 0. The topological polar surface area (TPSA) is 50.4 Å². The van der Waals surface area contributed by atoms with Gasteiger partial charge in [-0.05, 0) is 19.4 Å². The molecule has 2 N–H and O–H groups in total. The summed E-state index contributed by atoms with van der Waals surface area (Å²) in [6.07, 6.45) is -4.95. The van der Waals surface area contributed by atoms with E-state index in [9.17, 15) is 18.0 Å². The lowest BCUT2D eigenvalue weighted by atomic mass is 10.1. The first-order chi connectivity index (χ1) is 9.68. The van der Waals surface area contributed by atoms with Crippen LogP contribution in [0, 0.1) is 0 Å². The minimum absolute atomic E-state index is 0.0245. The van der Waals surface area contributed by atoms with Crippen molar-refractivity contribution in [1.29, 1.82) is 0 Å². The Balaban J connectivity index is 2.28. The highest BCUT2D eigenvalue weighted by atomic mass is 19.4. The highest BCUT2D eigenvalue weighted by Gasteiger charge is 2.30. The van der Waals surface area contributed by atoms with E-state index in [0.29, 0.717) is 0 Å². The lowest BCUT2D eigenvalue weighted by molar-refractivity contribution is -0.128. The fourth-order valence-electron chi connectivity index (χ4n) is 1.47. The number of halogens is 3. The van der Waals surface area contributed by atoms with Gasteiger partial charge in [0, 0.05) is 12.1 Å². The van der Waals surface area contributed by atoms with E-state index in [4.69, 9.17) is 4.74 Å². The summed E-state index contributed by atoms with van der Waals surface area (Å²) < 4.78 is 41.3. The standard InChI is InChI=1S/C14H19F3N2O2/c1-13(2,19-10-14(15,16)17)9-18-12(20)21-8-11-6-4-3-5-7-11/h3-7,19H,8-10H2,1-2H3,(H,18,20). The van der Waals surface area contributed by atoms with Crippen molar-refractivity contribution in [2.45, 2.75) is 32.2 Å². The molecule has 1 aromatic carbocycles. The third-order valence-corrected chi connectivity index (χ3v) is 2.65. The highest BCUT2D eigenvalue weighted by Crippen LogP contribution is 2.14. The predicted molar refractivity (Wildman–Crippen MR) is 72.8 cm³/mol. The molecule has 0 atom stereocenters. The summed E-state index contributed by atoms with van der Waals surface area (Å²) in [5.41, 5.74) is -0.0523. The number of rotatable bonds is 6. The molecular formula is C14H19F3N2O2. The molecule has 0 saturated carbocycles. The molecule has 0 bridgehead atoms. The highest BCUT2D eigenvalue weighted by molar-refractivity contribution is 5.67. The molecule has 0 aliphatic rings. The van der Waals surface area contributed by atoms with Crippen molar-refractivity contribution in [3.05, 3.63) is 35.9 Å². The summed E-state index contributed by atoms with van der Waals surface area (Å²) in [6.45, 7) is 2.16. The molecule has 0 fully saturated rings. The first-order valence-corrected chi connectivity index (χ1v) is 6.44. The van der Waals surface area contributed by atoms with Crippen LogP contribution in [0.2, 0.25) is 0 Å². The van der Waals surface area contributed by atoms with Crippen LogP contribution >= 0.6 is 0 Å². The Morgan fingerprint density at radius 3 is 2.33 bits per heavy atom. The van der Waals surface area contributed by atoms with Crippen molar-refractivity contribution >= 4 is 6.09 Å². The van der Waals surface area contributed by atoms with Crippen LogP contribution in [0.4, 0.5) is 18.0 Å². The minimum atomic E-state index is -4.29. The molecule has 0 spiro atoms. The molecule has 0 aromatic heterocycles. The molecule has 0 aliphatic carbocycles. The summed E-state index contributed by atoms with van der Waals surface area (Å²) in [4.78, 5) is 11.5. The van der Waals surface area contributed by atoms with Gasteiger partial charge < -0.3 is 15.4 Å². The third-order valence-electron chi connectivity index (χ3n) is 2.65. The number of ether oxygens (including phenoxy) is 1. The summed E-state index contributed by atoms with van der Waals surface area (Å²) in [6, 6.07) is 9.10. The van der Waals surface area contributed by atoms with Crippen LogP contribution in [-0.2, 0) is 11.3 Å². The Labute approximate surface area is 121 Å². The normalized spacial score (nSPS) is 12.0. The van der Waals surface area contributed by atoms with Crippen molar-refractivity contribution in [3.63, 3.8) is 0 Å². The zero-order chi connectivity index (χ0) is 15.9. The zero-order valence-corrected chi connectivity index (χ0v) is 12.0. The number of alkyl carbamates (subject to hydrolysis) is 1. The number of nitrogens with one attached hydrogen (secondary N) is 2. The molecule has 21 heavy (non-hydrogen) atoms. The monoisotopic (exact) mass is 304 g/mol. The van der Waals surface area contributed by atoms with Gasteiger partial charge in [0.15, 0.2) is 0 Å². The Kier molecular flexibility index (Phi) is 6.02. The van der Waals surface area contributed by atoms with E-state index in [1.165, 1.54) is 0 Å². The number of carbonyl (C=O) groups is 1. The fourth-order valence-corrected chi connectivity index (χ4v) is 1.47. The molecular weight excluding hydrogens is 285 g/mol. The lowest BCUT2D eigenvalue weighted by Gasteiger charge is -2.27. The van der Waals surface area contributed by atoms with Crippen LogP contribution in [0.25, 0.3) is 0 Å². The molecule has 7 heteroatoms. The second-order valence-electron chi connectivity index (χ2n) is 5.27. The van der Waals surface area contributed by atoms with E-state index in [2.05, 4.69) is 10.6 Å². The summed E-state index contributed by atoms with van der Waals surface area (Å²) in [5, 5.41) is 4.77. The van der Waals surface area contributed by atoms with Gasteiger partial charge in [0.1, 0.15) is 6.61 Å². The van der Waals surface area contributed by atoms with Crippen LogP contribution in [0.5, 0.6) is 0 Å². The SMILES string of the molecule is CC(C)(CNC(=O)OCc1ccccc1)NCC(F)(F)F. The number of amides is 1. The van der Waals surface area contributed by atoms with Gasteiger partial charge in [0.25, 0.3) is 0 Å². The molecule has 4 nitrogen and oxygen atoms in total. The molecule has 0 heterocycles. The molecule has 0 radical (unpaired) electrons. The Morgan fingerprint density at radius 2 is 1.76 bits per heavy atom. The van der Waals surface area contributed by atoms with Gasteiger partial charge >= 0.3 is 12.3 Å². The van der Waals surface area contributed by atoms with E-state index in [-0.39, 0.29) is 13.2 Å². The molecule has 0 saturated heterocycles. The maximum atomic E-state index is 12.1. The van der Waals surface area contributed by atoms with Gasteiger partial charge in [-0.25, -0.2) is 4.79 Å². The van der Waals surface area contributed by atoms with Crippen molar-refractivity contribution in [1.82, 2.24) is 10.6 Å². The number of hydrogen-bond acceptors (Lipinski definition) is 3. The number of carbonyl (C=O) groups excluding carboxylic acids is 1. The van der Waals surface area contributed by atoms with Crippen LogP contribution in [0.1, 0.15) is 19.4 Å². The van der Waals surface area contributed by atoms with Crippen molar-refractivity contribution in [3.8, 4) is 0 Å². The maximum absolute atomic E-state index is 12.1. The van der Waals surface area contributed by atoms with E-state index in [1.807, 2.05) is 30.3 Å². The van der Waals surface area contributed by atoms with Crippen molar-refractivity contribution < 1.29 is 22.7 Å². The molecule has 0 unspecified atom stereocenters. The zero-order valence-electron chi connectivity index (χ0n) is 12.0. The van der Waals surface area contributed by atoms with E-state index >= 15 is 0 Å². The number of alkyl halides is 3. The van der Waals surface area contributed by atoms with E-state index in [1.54, 1.807) is 13.8 Å². The van der Waals surface area contributed by atoms with Crippen LogP contribution in [0.15, 0.2) is 30.3 Å². The molecule has 118 valence electrons. The van der Waals surface area contributed by atoms with Gasteiger partial charge in [0.2, 0.25) is 0 Å². The Hall–Kier alpha value is -1.76. The summed E-state index contributed by atoms with van der Waals surface area (Å²) >= 11 is 0. The molecule has 1 amide bonds. The van der Waals surface area contributed by atoms with E-state index in [0.717, 1.165) is 5.56 Å². The molecule has 0 aliphatic heterocycles. The summed E-state index contributed by atoms with van der Waals surface area (Å²) in [5.74, 6) is 0. The van der Waals surface area contributed by atoms with E-state index < -0.39 is 24.4 Å². The first-order valence-electron chi connectivity index (χ1n) is 6.44. The third kappa shape index (κ3) is 8.19. The largest absolute Gasteiger partial charge is 0.445 e. The molecule has 1 aromatic rings. The second kappa shape index (κ2) is 7.31. The Bertz CT molecular complexity index is 447. The van der Waals surface area contributed by atoms with Gasteiger partial charge in [-0.15, -0.1) is 0 Å². The van der Waals surface area contributed by atoms with Gasteiger partial charge in [-0.3, -0.25) is 0 Å². The maximum Gasteiger partial charge on any atom is 0.407 e. The average molecular weight is 304 g/mol. The number of hydrogen-bond donors (Lipinski definition) is 2. The Morgan fingerprint density at radius 1 is 1.14 bits per heavy atom. The minimum Gasteiger partial charge on any atom is -0.445 e. The average Bonchev–Trinajstić information content (AvgIpc) is 2.41. The van der Waals surface area contributed by atoms with Gasteiger partial charge in [-0.1, -0.05) is 30.3 Å². The predicted octanol–water partition coefficient (Wildman–Crippen LogP) is 2.84. The number of benzene rings is 1. The van der Waals surface area contributed by atoms with Crippen LogP contribution in [-0.4, -0.2) is 30.9 Å². The van der Waals surface area contributed by atoms with Crippen LogP contribution in [0.3, 0.4) is 0 Å². The van der Waals surface area contributed by atoms with Crippen molar-refractivity contribution in [2.24, 2.45) is 0 Å². The first kappa shape index (κ1) is 17.3. The smallest absolute Gasteiger partial charge is 0.407 e. The lowest BCUT2D eigenvalue weighted by Crippen LogP contribution is -2.51. The van der Waals surface area contributed by atoms with Crippen LogP contribution < -0.4 is 10.6 Å². The molecule has 1 rings (SSSR count). The van der Waals surface area contributed by atoms with Gasteiger partial charge in [-0.2, -0.15) is 13.2 Å². The quantitative estimate of drug-likeness (QED) is 0.849. The fraction of sp³-hybridized carbons (Fsp3) is 0.500. The van der Waals surface area contributed by atoms with Crippen molar-refractivity contribution in [2.75, 3.05) is 13.1 Å². The second-order valence-corrected chi connectivity index (χ2v) is 5.27.